The van der Waals surface area contributed by atoms with Crippen LogP contribution in [0.15, 0.2) is 36.4 Å². The van der Waals surface area contributed by atoms with Crippen molar-refractivity contribution >= 4 is 17.0 Å². The predicted molar refractivity (Wildman–Crippen MR) is 104 cm³/mol. The molecule has 0 atom stereocenters. The molecule has 3 rings (SSSR count). The van der Waals surface area contributed by atoms with Crippen LogP contribution >= 0.6 is 0 Å². The van der Waals surface area contributed by atoms with Gasteiger partial charge in [-0.05, 0) is 49.7 Å². The first-order chi connectivity index (χ1) is 13.2. The molecule has 1 N–H and O–H groups in total. The normalized spacial score (nSPS) is 10.8. The van der Waals surface area contributed by atoms with Crippen molar-refractivity contribution in [3.8, 4) is 22.9 Å². The number of fused-ring (bicyclic) bond motifs is 1. The number of aromatic nitrogens is 2. The molecule has 6 heteroatoms. The van der Waals surface area contributed by atoms with Gasteiger partial charge in [0.05, 0.1) is 36.9 Å². The Morgan fingerprint density at radius 2 is 1.93 bits per heavy atom. The van der Waals surface area contributed by atoms with Crippen LogP contribution in [0.1, 0.15) is 37.0 Å². The zero-order valence-corrected chi connectivity index (χ0v) is 15.9. The molecule has 27 heavy (non-hydrogen) atoms. The third kappa shape index (κ3) is 4.22. The van der Waals surface area contributed by atoms with E-state index in [1.54, 1.807) is 18.2 Å². The third-order valence-electron chi connectivity index (χ3n) is 4.18. The molecule has 0 saturated heterocycles. The fourth-order valence-electron chi connectivity index (χ4n) is 2.76. The van der Waals surface area contributed by atoms with Crippen molar-refractivity contribution in [1.29, 1.82) is 0 Å². The summed E-state index contributed by atoms with van der Waals surface area (Å²) in [5, 5.41) is 0. The standard InChI is InChI=1S/C21H24N2O4/c1-4-6-11-27-18-10-8-14(13-19(18)26-5-2)20-22-16-9-7-15(21(24)25-3)12-17(16)23-20/h7-10,12-13H,4-6,11H2,1-3H3,(H,22,23). The van der Waals surface area contributed by atoms with Gasteiger partial charge >= 0.3 is 5.97 Å². The number of ether oxygens (including phenoxy) is 3. The molecule has 0 radical (unpaired) electrons. The lowest BCUT2D eigenvalue weighted by Gasteiger charge is -2.12. The maximum Gasteiger partial charge on any atom is 0.337 e. The second kappa shape index (κ2) is 8.58. The van der Waals surface area contributed by atoms with Crippen LogP contribution in [-0.4, -0.2) is 36.3 Å². The van der Waals surface area contributed by atoms with E-state index in [-0.39, 0.29) is 5.97 Å². The van der Waals surface area contributed by atoms with E-state index in [1.807, 2.05) is 25.1 Å². The summed E-state index contributed by atoms with van der Waals surface area (Å²) < 4.78 is 16.3. The maximum atomic E-state index is 11.7. The predicted octanol–water partition coefficient (Wildman–Crippen LogP) is 4.59. The minimum atomic E-state index is -0.375. The molecule has 0 unspecified atom stereocenters. The van der Waals surface area contributed by atoms with E-state index in [0.29, 0.717) is 30.4 Å². The Balaban J connectivity index is 1.92. The van der Waals surface area contributed by atoms with Crippen LogP contribution in [0.25, 0.3) is 22.4 Å². The molecule has 2 aromatic carbocycles. The number of nitrogens with zero attached hydrogens (tertiary/aromatic N) is 1. The summed E-state index contributed by atoms with van der Waals surface area (Å²) >= 11 is 0. The Labute approximate surface area is 158 Å². The summed E-state index contributed by atoms with van der Waals surface area (Å²) in [6.45, 7) is 5.29. The molecular weight excluding hydrogens is 344 g/mol. The zero-order chi connectivity index (χ0) is 19.2. The average molecular weight is 368 g/mol. The van der Waals surface area contributed by atoms with Gasteiger partial charge in [0.15, 0.2) is 11.5 Å². The van der Waals surface area contributed by atoms with Crippen LogP contribution in [-0.2, 0) is 4.74 Å². The molecular formula is C21H24N2O4. The smallest absolute Gasteiger partial charge is 0.337 e. The summed E-state index contributed by atoms with van der Waals surface area (Å²) in [5.41, 5.74) is 2.92. The number of methoxy groups -OCH3 is 1. The van der Waals surface area contributed by atoms with Crippen molar-refractivity contribution < 1.29 is 19.0 Å². The lowest BCUT2D eigenvalue weighted by atomic mass is 10.2. The molecule has 142 valence electrons. The number of carbonyl (C=O) groups is 1. The number of carbonyl (C=O) groups excluding carboxylic acids is 1. The highest BCUT2D eigenvalue weighted by Crippen LogP contribution is 2.33. The Morgan fingerprint density at radius 3 is 2.67 bits per heavy atom. The van der Waals surface area contributed by atoms with Crippen molar-refractivity contribution in [2.75, 3.05) is 20.3 Å². The van der Waals surface area contributed by atoms with Gasteiger partial charge < -0.3 is 19.2 Å². The Bertz CT molecular complexity index is 933. The van der Waals surface area contributed by atoms with E-state index >= 15 is 0 Å². The molecule has 1 aromatic heterocycles. The second-order valence-electron chi connectivity index (χ2n) is 6.11. The van der Waals surface area contributed by atoms with Gasteiger partial charge in [-0.3, -0.25) is 0 Å². The fourth-order valence-corrected chi connectivity index (χ4v) is 2.76. The number of unbranched alkanes of at least 4 members (excludes halogenated alkanes) is 1. The Morgan fingerprint density at radius 1 is 1.07 bits per heavy atom. The van der Waals surface area contributed by atoms with Crippen LogP contribution in [0, 0.1) is 0 Å². The van der Waals surface area contributed by atoms with E-state index in [2.05, 4.69) is 16.9 Å². The molecule has 6 nitrogen and oxygen atoms in total. The van der Waals surface area contributed by atoms with Crippen LogP contribution in [0.5, 0.6) is 11.5 Å². The van der Waals surface area contributed by atoms with Gasteiger partial charge in [0.2, 0.25) is 0 Å². The molecule has 0 amide bonds. The topological polar surface area (TPSA) is 73.4 Å². The lowest BCUT2D eigenvalue weighted by molar-refractivity contribution is 0.0601. The number of nitrogens with one attached hydrogen (secondary N) is 1. The van der Waals surface area contributed by atoms with Gasteiger partial charge in [-0.2, -0.15) is 0 Å². The van der Waals surface area contributed by atoms with Gasteiger partial charge in [-0.1, -0.05) is 13.3 Å². The van der Waals surface area contributed by atoms with Gasteiger partial charge in [-0.15, -0.1) is 0 Å². The molecule has 0 aliphatic rings. The van der Waals surface area contributed by atoms with Gasteiger partial charge in [0.25, 0.3) is 0 Å². The first-order valence-electron chi connectivity index (χ1n) is 9.14. The number of esters is 1. The van der Waals surface area contributed by atoms with Crippen LogP contribution in [0.2, 0.25) is 0 Å². The lowest BCUT2D eigenvalue weighted by Crippen LogP contribution is -2.01. The summed E-state index contributed by atoms with van der Waals surface area (Å²) in [4.78, 5) is 19.6. The van der Waals surface area contributed by atoms with Crippen molar-refractivity contribution in [2.24, 2.45) is 0 Å². The number of hydrogen-bond donors (Lipinski definition) is 1. The number of hydrogen-bond acceptors (Lipinski definition) is 5. The molecule has 3 aromatic rings. The summed E-state index contributed by atoms with van der Waals surface area (Å²) in [6.07, 6.45) is 2.08. The van der Waals surface area contributed by atoms with Gasteiger partial charge in [-0.25, -0.2) is 9.78 Å². The van der Waals surface area contributed by atoms with Crippen LogP contribution in [0.4, 0.5) is 0 Å². The minimum Gasteiger partial charge on any atom is -0.490 e. The zero-order valence-electron chi connectivity index (χ0n) is 15.9. The van der Waals surface area contributed by atoms with E-state index in [1.165, 1.54) is 7.11 Å². The molecule has 0 aliphatic heterocycles. The van der Waals surface area contributed by atoms with Crippen LogP contribution in [0.3, 0.4) is 0 Å². The first-order valence-corrected chi connectivity index (χ1v) is 9.14. The Kier molecular flexibility index (Phi) is 5.96. The van der Waals surface area contributed by atoms with Crippen molar-refractivity contribution in [3.05, 3.63) is 42.0 Å². The van der Waals surface area contributed by atoms with Crippen molar-refractivity contribution in [2.45, 2.75) is 26.7 Å². The van der Waals surface area contributed by atoms with E-state index in [4.69, 9.17) is 14.2 Å². The minimum absolute atomic E-state index is 0.375. The second-order valence-corrected chi connectivity index (χ2v) is 6.11. The molecule has 0 fully saturated rings. The van der Waals surface area contributed by atoms with Crippen molar-refractivity contribution in [3.63, 3.8) is 0 Å². The first kappa shape index (κ1) is 18.8. The highest BCUT2D eigenvalue weighted by Gasteiger charge is 2.13. The van der Waals surface area contributed by atoms with E-state index in [9.17, 15) is 4.79 Å². The maximum absolute atomic E-state index is 11.7. The molecule has 1 heterocycles. The third-order valence-corrected chi connectivity index (χ3v) is 4.18. The molecule has 0 aliphatic carbocycles. The molecule has 0 spiro atoms. The SMILES string of the molecule is CCCCOc1ccc(-c2nc3ccc(C(=O)OC)cc3[nH]2)cc1OCC. The van der Waals surface area contributed by atoms with Crippen molar-refractivity contribution in [1.82, 2.24) is 9.97 Å². The fraction of sp³-hybridized carbons (Fsp3) is 0.333. The summed E-state index contributed by atoms with van der Waals surface area (Å²) in [5.74, 6) is 1.76. The monoisotopic (exact) mass is 368 g/mol. The van der Waals surface area contributed by atoms with E-state index < -0.39 is 0 Å². The van der Waals surface area contributed by atoms with Gasteiger partial charge in [0, 0.05) is 5.56 Å². The van der Waals surface area contributed by atoms with Crippen LogP contribution < -0.4 is 9.47 Å². The number of aromatic amines is 1. The van der Waals surface area contributed by atoms with Gasteiger partial charge in [0.1, 0.15) is 5.82 Å². The number of rotatable bonds is 8. The Hall–Kier alpha value is -3.02. The highest BCUT2D eigenvalue weighted by molar-refractivity contribution is 5.94. The largest absolute Gasteiger partial charge is 0.490 e. The molecule has 0 bridgehead atoms. The number of H-pyrrole nitrogens is 1. The molecule has 0 saturated carbocycles. The summed E-state index contributed by atoms with van der Waals surface area (Å²) in [6, 6.07) is 11.0. The number of benzene rings is 2. The average Bonchev–Trinajstić information content (AvgIpc) is 3.12. The summed E-state index contributed by atoms with van der Waals surface area (Å²) in [7, 11) is 1.37. The van der Waals surface area contributed by atoms with E-state index in [0.717, 1.165) is 35.2 Å². The quantitative estimate of drug-likeness (QED) is 0.465. The number of imidazole rings is 1. The highest BCUT2D eigenvalue weighted by atomic mass is 16.5.